The van der Waals surface area contributed by atoms with E-state index in [1.807, 2.05) is 30.0 Å². The van der Waals surface area contributed by atoms with Gasteiger partial charge in [0.25, 0.3) is 5.91 Å². The first-order valence-electron chi connectivity index (χ1n) is 11.8. The summed E-state index contributed by atoms with van der Waals surface area (Å²) < 4.78 is 19.5. The molecular weight excluding hydrogens is 435 g/mol. The van der Waals surface area contributed by atoms with E-state index >= 15 is 0 Å². The molecule has 176 valence electrons. The van der Waals surface area contributed by atoms with Crippen molar-refractivity contribution in [2.45, 2.75) is 38.6 Å². The van der Waals surface area contributed by atoms with Gasteiger partial charge in [-0.1, -0.05) is 24.3 Å². The fraction of sp³-hybridized carbons (Fsp3) is 0.370. The van der Waals surface area contributed by atoms with Gasteiger partial charge in [-0.15, -0.1) is 0 Å². The Morgan fingerprint density at radius 1 is 1.09 bits per heavy atom. The Bertz CT molecular complexity index is 1320. The summed E-state index contributed by atoms with van der Waals surface area (Å²) in [5.74, 6) is -0.666. The van der Waals surface area contributed by atoms with Crippen molar-refractivity contribution >= 4 is 22.8 Å². The monoisotopic (exact) mass is 462 g/mol. The molecule has 2 aliphatic heterocycles. The van der Waals surface area contributed by atoms with Crippen molar-refractivity contribution in [1.29, 1.82) is 0 Å². The normalized spacial score (nSPS) is 20.3. The SMILES string of the molecule is Cc1ccc2c(CC(=O)N3CCC[C@@H]4CN(C(=O)c5ccccc5F)CC[C@@H]43)cc(=O)oc2c1. The molecule has 0 saturated carbocycles. The predicted octanol–water partition coefficient (Wildman–Crippen LogP) is 3.94. The number of carbonyl (C=O) groups is 2. The number of piperidine rings is 2. The van der Waals surface area contributed by atoms with E-state index in [1.54, 1.807) is 17.0 Å². The second kappa shape index (κ2) is 9.05. The Kier molecular flexibility index (Phi) is 5.94. The predicted molar refractivity (Wildman–Crippen MR) is 126 cm³/mol. The summed E-state index contributed by atoms with van der Waals surface area (Å²) in [6.07, 6.45) is 2.57. The third-order valence-electron chi connectivity index (χ3n) is 7.11. The molecule has 0 radical (unpaired) electrons. The fourth-order valence-electron chi connectivity index (χ4n) is 5.45. The summed E-state index contributed by atoms with van der Waals surface area (Å²) >= 11 is 0. The molecule has 6 nitrogen and oxygen atoms in total. The minimum Gasteiger partial charge on any atom is -0.423 e. The molecule has 7 heteroatoms. The van der Waals surface area contributed by atoms with Gasteiger partial charge in [-0.25, -0.2) is 9.18 Å². The number of hydrogen-bond donors (Lipinski definition) is 0. The molecule has 2 aliphatic rings. The molecule has 5 rings (SSSR count). The molecule has 0 N–H and O–H groups in total. The van der Waals surface area contributed by atoms with Crippen LogP contribution in [0.4, 0.5) is 4.39 Å². The Hall–Kier alpha value is -3.48. The quantitative estimate of drug-likeness (QED) is 0.553. The Morgan fingerprint density at radius 3 is 2.74 bits per heavy atom. The van der Waals surface area contributed by atoms with Crippen LogP contribution in [0, 0.1) is 18.7 Å². The molecule has 2 fully saturated rings. The van der Waals surface area contributed by atoms with E-state index in [9.17, 15) is 18.8 Å². The van der Waals surface area contributed by atoms with Crippen LogP contribution in [0.5, 0.6) is 0 Å². The van der Waals surface area contributed by atoms with Gasteiger partial charge in [-0.3, -0.25) is 9.59 Å². The number of likely N-dealkylation sites (tertiary alicyclic amines) is 2. The van der Waals surface area contributed by atoms with Crippen molar-refractivity contribution in [3.8, 4) is 0 Å². The first kappa shape index (κ1) is 22.3. The molecule has 34 heavy (non-hydrogen) atoms. The summed E-state index contributed by atoms with van der Waals surface area (Å²) in [7, 11) is 0. The summed E-state index contributed by atoms with van der Waals surface area (Å²) in [6.45, 7) is 3.59. The molecular formula is C27H27FN2O4. The van der Waals surface area contributed by atoms with Gasteiger partial charge in [0.15, 0.2) is 0 Å². The maximum atomic E-state index is 14.1. The number of fused-ring (bicyclic) bond motifs is 2. The van der Waals surface area contributed by atoms with Crippen molar-refractivity contribution in [3.63, 3.8) is 0 Å². The lowest BCUT2D eigenvalue weighted by molar-refractivity contribution is -0.137. The Labute approximate surface area is 197 Å². The molecule has 0 unspecified atom stereocenters. The molecule has 2 saturated heterocycles. The molecule has 3 heterocycles. The zero-order valence-electron chi connectivity index (χ0n) is 19.1. The molecule has 3 aromatic rings. The van der Waals surface area contributed by atoms with Crippen LogP contribution in [0.3, 0.4) is 0 Å². The van der Waals surface area contributed by atoms with E-state index in [-0.39, 0.29) is 35.8 Å². The second-order valence-corrected chi connectivity index (χ2v) is 9.34. The smallest absolute Gasteiger partial charge is 0.336 e. The van der Waals surface area contributed by atoms with Gasteiger partial charge in [0.05, 0.1) is 12.0 Å². The number of amides is 2. The fourth-order valence-corrected chi connectivity index (χ4v) is 5.45. The van der Waals surface area contributed by atoms with Crippen LogP contribution in [-0.2, 0) is 11.2 Å². The van der Waals surface area contributed by atoms with Gasteiger partial charge in [0.2, 0.25) is 5.91 Å². The number of nitrogens with zero attached hydrogens (tertiary/aromatic N) is 2. The highest BCUT2D eigenvalue weighted by Crippen LogP contribution is 2.32. The number of benzene rings is 2. The van der Waals surface area contributed by atoms with Gasteiger partial charge in [-0.05, 0) is 61.4 Å². The molecule has 2 atom stereocenters. The third kappa shape index (κ3) is 4.22. The van der Waals surface area contributed by atoms with Gasteiger partial charge in [0.1, 0.15) is 11.4 Å². The van der Waals surface area contributed by atoms with E-state index in [0.717, 1.165) is 23.8 Å². The first-order chi connectivity index (χ1) is 16.4. The van der Waals surface area contributed by atoms with E-state index in [0.29, 0.717) is 37.2 Å². The average Bonchev–Trinajstić information content (AvgIpc) is 2.82. The van der Waals surface area contributed by atoms with E-state index in [4.69, 9.17) is 4.42 Å². The minimum atomic E-state index is -0.509. The van der Waals surface area contributed by atoms with Crippen LogP contribution >= 0.6 is 0 Å². The van der Waals surface area contributed by atoms with E-state index in [2.05, 4.69) is 0 Å². The zero-order valence-corrected chi connectivity index (χ0v) is 19.1. The molecule has 1 aromatic heterocycles. The van der Waals surface area contributed by atoms with Crippen molar-refractivity contribution < 1.29 is 18.4 Å². The van der Waals surface area contributed by atoms with Crippen molar-refractivity contribution in [2.24, 2.45) is 5.92 Å². The van der Waals surface area contributed by atoms with Crippen molar-refractivity contribution in [1.82, 2.24) is 9.80 Å². The Morgan fingerprint density at radius 2 is 1.91 bits per heavy atom. The maximum absolute atomic E-state index is 14.1. The number of aryl methyl sites for hydroxylation is 1. The van der Waals surface area contributed by atoms with Crippen molar-refractivity contribution in [3.05, 3.63) is 81.5 Å². The van der Waals surface area contributed by atoms with Crippen LogP contribution in [0.1, 0.15) is 40.7 Å². The summed E-state index contributed by atoms with van der Waals surface area (Å²) in [5.41, 5.74) is 1.78. The van der Waals surface area contributed by atoms with Gasteiger partial charge in [-0.2, -0.15) is 0 Å². The van der Waals surface area contributed by atoms with E-state index in [1.165, 1.54) is 18.2 Å². The molecule has 0 spiro atoms. The van der Waals surface area contributed by atoms with Crippen LogP contribution in [0.2, 0.25) is 0 Å². The highest BCUT2D eigenvalue weighted by atomic mass is 19.1. The van der Waals surface area contributed by atoms with Gasteiger partial charge < -0.3 is 14.2 Å². The maximum Gasteiger partial charge on any atom is 0.336 e. The standard InChI is InChI=1S/C27H27FN2O4/c1-17-8-9-20-19(15-26(32)34-24(20)13-17)14-25(31)30-11-4-5-18-16-29(12-10-23(18)30)27(33)21-6-2-3-7-22(21)28/h2-3,6-9,13,15,18,23H,4-5,10-12,14,16H2,1H3/t18-,23+/m1/s1. The lowest BCUT2D eigenvalue weighted by atomic mass is 9.83. The molecule has 0 bridgehead atoms. The lowest BCUT2D eigenvalue weighted by Gasteiger charge is -2.47. The van der Waals surface area contributed by atoms with Crippen LogP contribution in [-0.4, -0.2) is 47.3 Å². The number of carbonyl (C=O) groups excluding carboxylic acids is 2. The van der Waals surface area contributed by atoms with Crippen LogP contribution in [0.15, 0.2) is 57.7 Å². The first-order valence-corrected chi connectivity index (χ1v) is 11.8. The van der Waals surface area contributed by atoms with Crippen molar-refractivity contribution in [2.75, 3.05) is 19.6 Å². The van der Waals surface area contributed by atoms with Crippen LogP contribution < -0.4 is 5.63 Å². The summed E-state index contributed by atoms with van der Waals surface area (Å²) in [6, 6.07) is 13.1. The molecule has 2 aromatic carbocycles. The highest BCUT2D eigenvalue weighted by molar-refractivity contribution is 5.94. The van der Waals surface area contributed by atoms with E-state index < -0.39 is 11.4 Å². The zero-order chi connectivity index (χ0) is 23.8. The number of hydrogen-bond acceptors (Lipinski definition) is 4. The number of rotatable bonds is 3. The van der Waals surface area contributed by atoms with Gasteiger partial charge >= 0.3 is 5.63 Å². The summed E-state index contributed by atoms with van der Waals surface area (Å²) in [4.78, 5) is 42.0. The topological polar surface area (TPSA) is 70.8 Å². The van der Waals surface area contributed by atoms with Gasteiger partial charge in [0, 0.05) is 37.1 Å². The lowest BCUT2D eigenvalue weighted by Crippen LogP contribution is -2.57. The molecule has 0 aliphatic carbocycles. The third-order valence-corrected chi connectivity index (χ3v) is 7.11. The average molecular weight is 463 g/mol. The largest absolute Gasteiger partial charge is 0.423 e. The second-order valence-electron chi connectivity index (χ2n) is 9.34. The highest BCUT2D eigenvalue weighted by Gasteiger charge is 2.39. The van der Waals surface area contributed by atoms with Crippen LogP contribution in [0.25, 0.3) is 11.0 Å². The minimum absolute atomic E-state index is 0.0175. The Balaban J connectivity index is 1.32. The summed E-state index contributed by atoms with van der Waals surface area (Å²) in [5, 5.41) is 0.775. The number of halogens is 1. The molecule has 2 amide bonds.